The lowest BCUT2D eigenvalue weighted by Crippen LogP contribution is -2.24. The average molecular weight is 299 g/mol. The molecular weight excluding hydrogens is 280 g/mol. The summed E-state index contributed by atoms with van der Waals surface area (Å²) in [6, 6.07) is 1.97. The van der Waals surface area contributed by atoms with Crippen molar-refractivity contribution in [2.24, 2.45) is 11.7 Å². The summed E-state index contributed by atoms with van der Waals surface area (Å²) in [7, 11) is 0. The summed E-state index contributed by atoms with van der Waals surface area (Å²) in [5.74, 6) is 1.59. The molecule has 2 rings (SSSR count). The lowest BCUT2D eigenvalue weighted by Gasteiger charge is -2.28. The van der Waals surface area contributed by atoms with E-state index >= 15 is 0 Å². The van der Waals surface area contributed by atoms with Gasteiger partial charge >= 0.3 is 0 Å². The molecule has 1 heterocycles. The second-order valence-corrected chi connectivity index (χ2v) is 5.73. The third kappa shape index (κ3) is 3.42. The van der Waals surface area contributed by atoms with Crippen molar-refractivity contribution in [1.29, 1.82) is 0 Å². The van der Waals surface area contributed by atoms with Crippen LogP contribution in [0.3, 0.4) is 0 Å². The number of rotatable bonds is 3. The minimum absolute atomic E-state index is 0.320. The normalized spacial score (nSPS) is 24.6. The molecule has 2 N–H and O–H groups in total. The molecule has 0 bridgehead atoms. The molecule has 1 aromatic heterocycles. The summed E-state index contributed by atoms with van der Waals surface area (Å²) in [4.78, 5) is 4.28. The molecule has 2 atom stereocenters. The molecule has 1 aliphatic rings. The Kier molecular flexibility index (Phi) is 4.40. The van der Waals surface area contributed by atoms with Gasteiger partial charge in [-0.25, -0.2) is 0 Å². The van der Waals surface area contributed by atoms with Crippen LogP contribution in [0, 0.1) is 5.92 Å². The van der Waals surface area contributed by atoms with E-state index < -0.39 is 0 Å². The fourth-order valence-electron chi connectivity index (χ4n) is 2.37. The molecule has 17 heavy (non-hydrogen) atoms. The van der Waals surface area contributed by atoms with Gasteiger partial charge in [0.25, 0.3) is 0 Å². The van der Waals surface area contributed by atoms with Gasteiger partial charge in [0.15, 0.2) is 0 Å². The first-order chi connectivity index (χ1) is 8.19. The fraction of sp³-hybridized carbons (Fsp3) is 0.615. The molecule has 0 aliphatic heterocycles. The van der Waals surface area contributed by atoms with Gasteiger partial charge in [0.2, 0.25) is 0 Å². The van der Waals surface area contributed by atoms with Gasteiger partial charge in [-0.2, -0.15) is 0 Å². The van der Waals surface area contributed by atoms with Crippen molar-refractivity contribution in [2.45, 2.75) is 45.3 Å². The minimum Gasteiger partial charge on any atom is -0.488 e. The van der Waals surface area contributed by atoms with Gasteiger partial charge in [0.1, 0.15) is 5.75 Å². The Labute approximate surface area is 111 Å². The van der Waals surface area contributed by atoms with Gasteiger partial charge in [-0.3, -0.25) is 4.98 Å². The van der Waals surface area contributed by atoms with Crippen molar-refractivity contribution in [3.63, 3.8) is 0 Å². The Bertz CT molecular complexity index is 384. The maximum atomic E-state index is 6.06. The standard InChI is InChI=1S/C13H19BrN2O/c1-9-3-2-4-11(5-9)17-13-6-10(14)8-16-12(13)7-15/h6,8-9,11H,2-5,7,15H2,1H3. The summed E-state index contributed by atoms with van der Waals surface area (Å²) in [5, 5.41) is 0. The molecule has 0 saturated heterocycles. The monoisotopic (exact) mass is 298 g/mol. The highest BCUT2D eigenvalue weighted by Gasteiger charge is 2.21. The number of aromatic nitrogens is 1. The van der Waals surface area contributed by atoms with Gasteiger partial charge in [0, 0.05) is 17.2 Å². The Morgan fingerprint density at radius 1 is 1.53 bits per heavy atom. The highest BCUT2D eigenvalue weighted by Crippen LogP contribution is 2.29. The van der Waals surface area contributed by atoms with E-state index in [-0.39, 0.29) is 0 Å². The Balaban J connectivity index is 2.08. The molecule has 0 spiro atoms. The van der Waals surface area contributed by atoms with E-state index in [4.69, 9.17) is 10.5 Å². The smallest absolute Gasteiger partial charge is 0.143 e. The molecule has 0 aromatic carbocycles. The second-order valence-electron chi connectivity index (χ2n) is 4.81. The summed E-state index contributed by atoms with van der Waals surface area (Å²) >= 11 is 3.42. The third-order valence-corrected chi connectivity index (χ3v) is 3.71. The third-order valence-electron chi connectivity index (χ3n) is 3.27. The zero-order chi connectivity index (χ0) is 12.3. The molecule has 0 amide bonds. The van der Waals surface area contributed by atoms with Crippen molar-refractivity contribution in [3.05, 3.63) is 22.4 Å². The van der Waals surface area contributed by atoms with Gasteiger partial charge in [-0.15, -0.1) is 0 Å². The molecule has 1 fully saturated rings. The first-order valence-corrected chi connectivity index (χ1v) is 6.99. The van der Waals surface area contributed by atoms with Crippen molar-refractivity contribution in [2.75, 3.05) is 0 Å². The molecule has 94 valence electrons. The number of ether oxygens (including phenoxy) is 1. The summed E-state index contributed by atoms with van der Waals surface area (Å²) in [6.07, 6.45) is 6.93. The van der Waals surface area contributed by atoms with Crippen LogP contribution in [0.4, 0.5) is 0 Å². The van der Waals surface area contributed by atoms with Crippen LogP contribution in [0.15, 0.2) is 16.7 Å². The number of halogens is 1. The molecule has 0 radical (unpaired) electrons. The van der Waals surface area contributed by atoms with Crippen LogP contribution in [0.25, 0.3) is 0 Å². The topological polar surface area (TPSA) is 48.1 Å². The van der Waals surface area contributed by atoms with E-state index in [1.54, 1.807) is 6.20 Å². The predicted octanol–water partition coefficient (Wildman–Crippen LogP) is 3.26. The van der Waals surface area contributed by atoms with Crippen LogP contribution < -0.4 is 10.5 Å². The first kappa shape index (κ1) is 12.8. The zero-order valence-electron chi connectivity index (χ0n) is 10.2. The van der Waals surface area contributed by atoms with Crippen LogP contribution >= 0.6 is 15.9 Å². The minimum atomic E-state index is 0.320. The number of nitrogens with zero attached hydrogens (tertiary/aromatic N) is 1. The second kappa shape index (κ2) is 5.83. The van der Waals surface area contributed by atoms with Gasteiger partial charge < -0.3 is 10.5 Å². The Morgan fingerprint density at radius 3 is 3.06 bits per heavy atom. The lowest BCUT2D eigenvalue weighted by molar-refractivity contribution is 0.127. The largest absolute Gasteiger partial charge is 0.488 e. The summed E-state index contributed by atoms with van der Waals surface area (Å²) in [5.41, 5.74) is 6.51. The van der Waals surface area contributed by atoms with Crippen LogP contribution in [0.2, 0.25) is 0 Å². The van der Waals surface area contributed by atoms with Crippen molar-refractivity contribution in [3.8, 4) is 5.75 Å². The van der Waals surface area contributed by atoms with E-state index in [2.05, 4.69) is 27.8 Å². The summed E-state index contributed by atoms with van der Waals surface area (Å²) in [6.45, 7) is 2.71. The van der Waals surface area contributed by atoms with Crippen LogP contribution in [0.5, 0.6) is 5.75 Å². The average Bonchev–Trinajstić information content (AvgIpc) is 2.29. The molecule has 3 nitrogen and oxygen atoms in total. The Hall–Kier alpha value is -0.610. The maximum absolute atomic E-state index is 6.06. The van der Waals surface area contributed by atoms with Gasteiger partial charge in [-0.1, -0.05) is 13.3 Å². The fourth-order valence-corrected chi connectivity index (χ4v) is 2.68. The maximum Gasteiger partial charge on any atom is 0.143 e. The van der Waals surface area contributed by atoms with Gasteiger partial charge in [-0.05, 0) is 47.2 Å². The van der Waals surface area contributed by atoms with E-state index in [1.165, 1.54) is 12.8 Å². The first-order valence-electron chi connectivity index (χ1n) is 6.20. The van der Waals surface area contributed by atoms with Gasteiger partial charge in [0.05, 0.1) is 11.8 Å². The quantitative estimate of drug-likeness (QED) is 0.932. The van der Waals surface area contributed by atoms with E-state index in [1.807, 2.05) is 6.07 Å². The number of pyridine rings is 1. The van der Waals surface area contributed by atoms with Crippen LogP contribution in [-0.4, -0.2) is 11.1 Å². The number of hydrogen-bond donors (Lipinski definition) is 1. The van der Waals surface area contributed by atoms with E-state index in [0.717, 1.165) is 34.7 Å². The highest BCUT2D eigenvalue weighted by atomic mass is 79.9. The Morgan fingerprint density at radius 2 is 2.35 bits per heavy atom. The molecular formula is C13H19BrN2O. The molecule has 1 aliphatic carbocycles. The van der Waals surface area contributed by atoms with Crippen molar-refractivity contribution in [1.82, 2.24) is 4.98 Å². The van der Waals surface area contributed by atoms with Crippen molar-refractivity contribution >= 4 is 15.9 Å². The molecule has 1 aromatic rings. The van der Waals surface area contributed by atoms with Crippen LogP contribution in [-0.2, 0) is 6.54 Å². The van der Waals surface area contributed by atoms with E-state index in [9.17, 15) is 0 Å². The molecule has 4 heteroatoms. The zero-order valence-corrected chi connectivity index (χ0v) is 11.7. The highest BCUT2D eigenvalue weighted by molar-refractivity contribution is 9.10. The number of nitrogens with two attached hydrogens (primary N) is 1. The van der Waals surface area contributed by atoms with Crippen LogP contribution in [0.1, 0.15) is 38.3 Å². The molecule has 2 unspecified atom stereocenters. The lowest BCUT2D eigenvalue weighted by atomic mass is 9.89. The molecule has 1 saturated carbocycles. The number of hydrogen-bond acceptors (Lipinski definition) is 3. The van der Waals surface area contributed by atoms with Crippen molar-refractivity contribution < 1.29 is 4.74 Å². The summed E-state index contributed by atoms with van der Waals surface area (Å²) < 4.78 is 6.99. The van der Waals surface area contributed by atoms with E-state index in [0.29, 0.717) is 12.6 Å². The SMILES string of the molecule is CC1CCCC(Oc2cc(Br)cnc2CN)C1. The predicted molar refractivity (Wildman–Crippen MR) is 71.9 cm³/mol.